The zero-order chi connectivity index (χ0) is 16.2. The minimum atomic E-state index is -0.191. The van der Waals surface area contributed by atoms with Gasteiger partial charge >= 0.3 is 0 Å². The van der Waals surface area contributed by atoms with Gasteiger partial charge in [0.1, 0.15) is 0 Å². The van der Waals surface area contributed by atoms with E-state index in [1.165, 1.54) is 5.56 Å². The Kier molecular flexibility index (Phi) is 4.96. The number of hydrogen-bond donors (Lipinski definition) is 0. The maximum Gasteiger partial charge on any atom is 0.228 e. The summed E-state index contributed by atoms with van der Waals surface area (Å²) in [5.41, 5.74) is 1.22. The molecule has 2 amide bonds. The topological polar surface area (TPSA) is 49.9 Å². The molecule has 0 saturated carbocycles. The molecule has 2 unspecified atom stereocenters. The molecule has 23 heavy (non-hydrogen) atoms. The van der Waals surface area contributed by atoms with Crippen molar-refractivity contribution in [1.29, 1.82) is 0 Å². The molecule has 0 spiro atoms. The van der Waals surface area contributed by atoms with Crippen LogP contribution in [0.15, 0.2) is 30.3 Å². The van der Waals surface area contributed by atoms with Crippen LogP contribution in [0.1, 0.15) is 18.9 Å². The summed E-state index contributed by atoms with van der Waals surface area (Å²) in [6, 6.07) is 10.1. The molecule has 5 nitrogen and oxygen atoms in total. The average Bonchev–Trinajstić information content (AvgIpc) is 2.94. The first-order chi connectivity index (χ1) is 11.1. The van der Waals surface area contributed by atoms with Crippen molar-refractivity contribution in [3.05, 3.63) is 35.9 Å². The van der Waals surface area contributed by atoms with Crippen molar-refractivity contribution in [2.24, 2.45) is 5.92 Å². The Morgan fingerprint density at radius 2 is 2.04 bits per heavy atom. The molecule has 5 heteroatoms. The van der Waals surface area contributed by atoms with Crippen molar-refractivity contribution in [3.63, 3.8) is 0 Å². The summed E-state index contributed by atoms with van der Waals surface area (Å²) in [6.45, 7) is 5.07. The zero-order valence-electron chi connectivity index (χ0n) is 13.6. The van der Waals surface area contributed by atoms with Crippen LogP contribution in [0.4, 0.5) is 0 Å². The molecule has 2 saturated heterocycles. The Hall–Kier alpha value is -1.88. The second-order valence-corrected chi connectivity index (χ2v) is 6.44. The van der Waals surface area contributed by atoms with E-state index in [0.29, 0.717) is 39.2 Å². The fourth-order valence-electron chi connectivity index (χ4n) is 3.34. The van der Waals surface area contributed by atoms with Gasteiger partial charge in [0.2, 0.25) is 11.8 Å². The highest BCUT2D eigenvalue weighted by atomic mass is 16.5. The van der Waals surface area contributed by atoms with Crippen LogP contribution < -0.4 is 0 Å². The van der Waals surface area contributed by atoms with Crippen LogP contribution in [0.25, 0.3) is 0 Å². The lowest BCUT2D eigenvalue weighted by atomic mass is 10.1. The van der Waals surface area contributed by atoms with Gasteiger partial charge in [-0.1, -0.05) is 30.3 Å². The van der Waals surface area contributed by atoms with Gasteiger partial charge in [0, 0.05) is 32.6 Å². The lowest BCUT2D eigenvalue weighted by molar-refractivity contribution is -0.142. The van der Waals surface area contributed by atoms with E-state index < -0.39 is 0 Å². The van der Waals surface area contributed by atoms with Crippen molar-refractivity contribution >= 4 is 11.8 Å². The summed E-state index contributed by atoms with van der Waals surface area (Å²) < 4.78 is 5.48. The number of amides is 2. The third-order valence-electron chi connectivity index (χ3n) is 4.63. The number of hydrogen-bond acceptors (Lipinski definition) is 3. The zero-order valence-corrected chi connectivity index (χ0v) is 13.6. The monoisotopic (exact) mass is 316 g/mol. The van der Waals surface area contributed by atoms with Gasteiger partial charge in [-0.25, -0.2) is 0 Å². The Bertz CT molecular complexity index is 561. The number of carbonyl (C=O) groups excluding carboxylic acids is 2. The highest BCUT2D eigenvalue weighted by Crippen LogP contribution is 2.21. The lowest BCUT2D eigenvalue weighted by Gasteiger charge is -2.32. The van der Waals surface area contributed by atoms with Crippen LogP contribution in [-0.2, 0) is 20.7 Å². The Balaban J connectivity index is 1.53. The fourth-order valence-corrected chi connectivity index (χ4v) is 3.34. The van der Waals surface area contributed by atoms with Crippen LogP contribution in [0, 0.1) is 5.92 Å². The van der Waals surface area contributed by atoms with Crippen LogP contribution >= 0.6 is 0 Å². The Morgan fingerprint density at radius 3 is 2.78 bits per heavy atom. The van der Waals surface area contributed by atoms with Gasteiger partial charge in [-0.05, 0) is 18.9 Å². The number of nitrogens with zero attached hydrogens (tertiary/aromatic N) is 2. The predicted molar refractivity (Wildman–Crippen MR) is 86.8 cm³/mol. The Morgan fingerprint density at radius 1 is 1.26 bits per heavy atom. The molecule has 0 N–H and O–H groups in total. The van der Waals surface area contributed by atoms with E-state index in [9.17, 15) is 9.59 Å². The van der Waals surface area contributed by atoms with Crippen molar-refractivity contribution in [2.45, 2.75) is 25.9 Å². The van der Waals surface area contributed by atoms with E-state index in [1.807, 2.05) is 34.9 Å². The molecule has 2 aliphatic rings. The molecular formula is C18H24N2O3. The second kappa shape index (κ2) is 7.13. The van der Waals surface area contributed by atoms with Crippen molar-refractivity contribution in [3.8, 4) is 0 Å². The third kappa shape index (κ3) is 3.91. The SMILES string of the molecule is CC1CN(C(=O)C2CC(=O)N(CCc3ccccc3)C2)CCO1. The summed E-state index contributed by atoms with van der Waals surface area (Å²) in [7, 11) is 0. The second-order valence-electron chi connectivity index (χ2n) is 6.44. The summed E-state index contributed by atoms with van der Waals surface area (Å²) in [6.07, 6.45) is 1.26. The molecule has 124 valence electrons. The Labute approximate surface area is 137 Å². The molecule has 2 heterocycles. The summed E-state index contributed by atoms with van der Waals surface area (Å²) >= 11 is 0. The van der Waals surface area contributed by atoms with Crippen LogP contribution in [0.2, 0.25) is 0 Å². The number of morpholine rings is 1. The quantitative estimate of drug-likeness (QED) is 0.842. The average molecular weight is 316 g/mol. The summed E-state index contributed by atoms with van der Waals surface area (Å²) in [5, 5.41) is 0. The molecule has 2 aliphatic heterocycles. The number of rotatable bonds is 4. The van der Waals surface area contributed by atoms with E-state index in [4.69, 9.17) is 4.74 Å². The highest BCUT2D eigenvalue weighted by molar-refractivity contribution is 5.89. The van der Waals surface area contributed by atoms with E-state index in [0.717, 1.165) is 6.42 Å². The van der Waals surface area contributed by atoms with Crippen LogP contribution in [-0.4, -0.2) is 60.5 Å². The van der Waals surface area contributed by atoms with Gasteiger partial charge in [0.25, 0.3) is 0 Å². The minimum absolute atomic E-state index is 0.0824. The maximum atomic E-state index is 12.6. The van der Waals surface area contributed by atoms with Gasteiger partial charge in [0.15, 0.2) is 0 Å². The van der Waals surface area contributed by atoms with Crippen molar-refractivity contribution < 1.29 is 14.3 Å². The maximum absolute atomic E-state index is 12.6. The molecule has 1 aromatic rings. The number of benzene rings is 1. The first-order valence-corrected chi connectivity index (χ1v) is 8.35. The van der Waals surface area contributed by atoms with Gasteiger partial charge in [-0.2, -0.15) is 0 Å². The van der Waals surface area contributed by atoms with Gasteiger partial charge in [0.05, 0.1) is 18.6 Å². The third-order valence-corrected chi connectivity index (χ3v) is 4.63. The van der Waals surface area contributed by atoms with Gasteiger partial charge in [-0.15, -0.1) is 0 Å². The molecular weight excluding hydrogens is 292 g/mol. The minimum Gasteiger partial charge on any atom is -0.375 e. The van der Waals surface area contributed by atoms with Gasteiger partial charge < -0.3 is 14.5 Å². The molecule has 1 aromatic carbocycles. The molecule has 2 fully saturated rings. The van der Waals surface area contributed by atoms with Crippen LogP contribution in [0.3, 0.4) is 0 Å². The van der Waals surface area contributed by atoms with E-state index in [1.54, 1.807) is 0 Å². The molecule has 0 aliphatic carbocycles. The molecule has 0 radical (unpaired) electrons. The smallest absolute Gasteiger partial charge is 0.228 e. The molecule has 3 rings (SSSR count). The predicted octanol–water partition coefficient (Wildman–Crippen LogP) is 1.32. The fraction of sp³-hybridized carbons (Fsp3) is 0.556. The standard InChI is InChI=1S/C18H24N2O3/c1-14-12-20(9-10-23-14)18(22)16-11-17(21)19(13-16)8-7-15-5-3-2-4-6-15/h2-6,14,16H,7-13H2,1H3. The first-order valence-electron chi connectivity index (χ1n) is 8.35. The van der Waals surface area contributed by atoms with E-state index in [-0.39, 0.29) is 23.8 Å². The normalized spacial score (nSPS) is 25.0. The van der Waals surface area contributed by atoms with Crippen molar-refractivity contribution in [2.75, 3.05) is 32.8 Å². The van der Waals surface area contributed by atoms with E-state index >= 15 is 0 Å². The molecule has 0 aromatic heterocycles. The van der Waals surface area contributed by atoms with Crippen molar-refractivity contribution in [1.82, 2.24) is 9.80 Å². The number of carbonyl (C=O) groups is 2. The summed E-state index contributed by atoms with van der Waals surface area (Å²) in [4.78, 5) is 28.5. The summed E-state index contributed by atoms with van der Waals surface area (Å²) in [5.74, 6) is 0.0138. The highest BCUT2D eigenvalue weighted by Gasteiger charge is 2.37. The molecule has 0 bridgehead atoms. The van der Waals surface area contributed by atoms with E-state index in [2.05, 4.69) is 12.1 Å². The lowest BCUT2D eigenvalue weighted by Crippen LogP contribution is -2.47. The number of likely N-dealkylation sites (tertiary alicyclic amines) is 1. The number of ether oxygens (including phenoxy) is 1. The largest absolute Gasteiger partial charge is 0.375 e. The van der Waals surface area contributed by atoms with Gasteiger partial charge in [-0.3, -0.25) is 9.59 Å². The molecule has 2 atom stereocenters. The van der Waals surface area contributed by atoms with Crippen LogP contribution in [0.5, 0.6) is 0 Å². The first kappa shape index (κ1) is 16.0.